The number of nitrogens with zero attached hydrogens (tertiary/aromatic N) is 2. The van der Waals surface area contributed by atoms with E-state index in [-0.39, 0.29) is 27.7 Å². The number of hydrogen-bond donors (Lipinski definition) is 1. The quantitative estimate of drug-likeness (QED) is 0.281. The van der Waals surface area contributed by atoms with Crippen molar-refractivity contribution in [2.24, 2.45) is 0 Å². The number of imide groups is 1. The van der Waals surface area contributed by atoms with Crippen molar-refractivity contribution >= 4 is 46.3 Å². The molecule has 4 rings (SSSR count). The first-order chi connectivity index (χ1) is 16.7. The first-order valence-corrected chi connectivity index (χ1v) is 11.1. The third-order valence-corrected chi connectivity index (χ3v) is 5.99. The monoisotopic (exact) mass is 493 g/mol. The van der Waals surface area contributed by atoms with Crippen LogP contribution in [0, 0.1) is 17.0 Å². The molecular weight excluding hydrogens is 474 g/mol. The van der Waals surface area contributed by atoms with Gasteiger partial charge in [0.15, 0.2) is 0 Å². The Morgan fingerprint density at radius 1 is 1.17 bits per heavy atom. The van der Waals surface area contributed by atoms with Crippen LogP contribution in [0.4, 0.5) is 16.2 Å². The average Bonchev–Trinajstić information content (AvgIpc) is 3.40. The molecule has 1 aliphatic heterocycles. The number of anilines is 1. The Morgan fingerprint density at radius 3 is 2.60 bits per heavy atom. The first-order valence-electron chi connectivity index (χ1n) is 10.3. The van der Waals surface area contributed by atoms with Crippen LogP contribution < -0.4 is 10.1 Å². The predicted octanol–water partition coefficient (Wildman–Crippen LogP) is 4.85. The van der Waals surface area contributed by atoms with Crippen molar-refractivity contribution in [2.45, 2.75) is 6.92 Å². The fourth-order valence-corrected chi connectivity index (χ4v) is 4.14. The maximum absolute atomic E-state index is 12.7. The lowest BCUT2D eigenvalue weighted by Crippen LogP contribution is -2.36. The lowest BCUT2D eigenvalue weighted by atomic mass is 10.1. The summed E-state index contributed by atoms with van der Waals surface area (Å²) in [5.41, 5.74) is 1.61. The number of thioether (sulfide) groups is 1. The first kappa shape index (κ1) is 23.8. The van der Waals surface area contributed by atoms with E-state index in [9.17, 15) is 24.5 Å². The molecule has 0 atom stereocenters. The fraction of sp³-hybridized carbons (Fsp3) is 0.125. The summed E-state index contributed by atoms with van der Waals surface area (Å²) in [6.45, 7) is 1.48. The number of nitro benzene ring substituents is 1. The number of ether oxygens (including phenoxy) is 1. The van der Waals surface area contributed by atoms with E-state index in [1.165, 1.54) is 37.5 Å². The van der Waals surface area contributed by atoms with Gasteiger partial charge < -0.3 is 14.5 Å². The van der Waals surface area contributed by atoms with Gasteiger partial charge in [-0.1, -0.05) is 17.7 Å². The zero-order valence-electron chi connectivity index (χ0n) is 18.6. The molecule has 178 valence electrons. The van der Waals surface area contributed by atoms with Crippen LogP contribution in [0.2, 0.25) is 0 Å². The third-order valence-electron chi connectivity index (χ3n) is 5.08. The lowest BCUT2D eigenvalue weighted by Gasteiger charge is -2.12. The van der Waals surface area contributed by atoms with Crippen molar-refractivity contribution in [1.82, 2.24) is 4.90 Å². The second-order valence-electron chi connectivity index (χ2n) is 7.52. The van der Waals surface area contributed by atoms with Gasteiger partial charge in [0, 0.05) is 11.8 Å². The van der Waals surface area contributed by atoms with Gasteiger partial charge in [-0.2, -0.15) is 0 Å². The molecular formula is C24H19N3O7S. The predicted molar refractivity (Wildman–Crippen MR) is 130 cm³/mol. The number of carbonyl (C=O) groups is 3. The summed E-state index contributed by atoms with van der Waals surface area (Å²) >= 11 is 0.679. The summed E-state index contributed by atoms with van der Waals surface area (Å²) < 4.78 is 10.7. The number of aryl methyl sites for hydroxylation is 1. The molecule has 0 aliphatic carbocycles. The van der Waals surface area contributed by atoms with Crippen LogP contribution in [0.25, 0.3) is 17.4 Å². The molecule has 2 heterocycles. The van der Waals surface area contributed by atoms with E-state index < -0.39 is 28.5 Å². The number of carbonyl (C=O) groups excluding carboxylic acids is 3. The van der Waals surface area contributed by atoms with E-state index in [0.29, 0.717) is 23.2 Å². The smallest absolute Gasteiger partial charge is 0.294 e. The SMILES string of the molecule is COc1ccc(-c2ccc(/C=C3/SC(=O)N(CC(=O)Nc4ccc(C)cc4)C3=O)o2)c([N+](=O)[O-])c1. The molecule has 1 aliphatic rings. The molecule has 10 nitrogen and oxygen atoms in total. The molecule has 0 radical (unpaired) electrons. The topological polar surface area (TPSA) is 132 Å². The standard InChI is InChI=1S/C24H19N3O7S/c1-14-3-5-15(6-4-14)25-22(28)13-26-23(29)21(35-24(26)30)12-17-8-10-20(34-17)18-9-7-16(33-2)11-19(18)27(31)32/h3-12H,13H2,1-2H3,(H,25,28)/b21-12+. The summed E-state index contributed by atoms with van der Waals surface area (Å²) in [7, 11) is 1.41. The number of benzene rings is 2. The molecule has 3 amide bonds. The summed E-state index contributed by atoms with van der Waals surface area (Å²) in [6, 6.07) is 14.5. The Kier molecular flexibility index (Phi) is 6.69. The van der Waals surface area contributed by atoms with Crippen molar-refractivity contribution in [3.05, 3.63) is 80.9 Å². The lowest BCUT2D eigenvalue weighted by molar-refractivity contribution is -0.384. The van der Waals surface area contributed by atoms with E-state index in [2.05, 4.69) is 5.32 Å². The fourth-order valence-electron chi connectivity index (χ4n) is 3.32. The molecule has 0 bridgehead atoms. The molecule has 3 aromatic rings. The summed E-state index contributed by atoms with van der Waals surface area (Å²) in [6.07, 6.45) is 1.36. The number of nitrogens with one attached hydrogen (secondary N) is 1. The van der Waals surface area contributed by atoms with Gasteiger partial charge >= 0.3 is 0 Å². The Bertz CT molecular complexity index is 1360. The Balaban J connectivity index is 1.49. The van der Waals surface area contributed by atoms with Crippen molar-refractivity contribution < 1.29 is 28.5 Å². The Labute approximate surface area is 203 Å². The van der Waals surface area contributed by atoms with E-state index in [4.69, 9.17) is 9.15 Å². The van der Waals surface area contributed by atoms with E-state index >= 15 is 0 Å². The highest BCUT2D eigenvalue weighted by atomic mass is 32.2. The van der Waals surface area contributed by atoms with Crippen molar-refractivity contribution in [1.29, 1.82) is 0 Å². The van der Waals surface area contributed by atoms with Gasteiger partial charge in [0.1, 0.15) is 23.8 Å². The number of furan rings is 1. The normalized spacial score (nSPS) is 14.5. The Morgan fingerprint density at radius 2 is 1.91 bits per heavy atom. The molecule has 11 heteroatoms. The second kappa shape index (κ2) is 9.85. The van der Waals surface area contributed by atoms with Gasteiger partial charge in [0.05, 0.1) is 28.6 Å². The molecule has 2 aromatic carbocycles. The van der Waals surface area contributed by atoms with Gasteiger partial charge in [0.25, 0.3) is 16.8 Å². The van der Waals surface area contributed by atoms with Crippen molar-refractivity contribution in [3.63, 3.8) is 0 Å². The van der Waals surface area contributed by atoms with Crippen LogP contribution in [-0.2, 0) is 9.59 Å². The minimum Gasteiger partial charge on any atom is -0.497 e. The van der Waals surface area contributed by atoms with Crippen molar-refractivity contribution in [2.75, 3.05) is 19.0 Å². The van der Waals surface area contributed by atoms with Gasteiger partial charge in [-0.15, -0.1) is 0 Å². The maximum Gasteiger partial charge on any atom is 0.294 e. The minimum atomic E-state index is -0.632. The highest BCUT2D eigenvalue weighted by Gasteiger charge is 2.36. The number of amides is 3. The number of rotatable bonds is 7. The summed E-state index contributed by atoms with van der Waals surface area (Å²) in [4.78, 5) is 49.2. The van der Waals surface area contributed by atoms with E-state index in [0.717, 1.165) is 10.5 Å². The maximum atomic E-state index is 12.7. The molecule has 1 aromatic heterocycles. The van der Waals surface area contributed by atoms with Crippen LogP contribution in [0.1, 0.15) is 11.3 Å². The largest absolute Gasteiger partial charge is 0.497 e. The highest BCUT2D eigenvalue weighted by Crippen LogP contribution is 2.36. The van der Waals surface area contributed by atoms with E-state index in [1.54, 1.807) is 18.2 Å². The summed E-state index contributed by atoms with van der Waals surface area (Å²) in [5, 5.41) is 13.5. The minimum absolute atomic E-state index is 0.0725. The van der Waals surface area contributed by atoms with Gasteiger partial charge in [-0.25, -0.2) is 0 Å². The van der Waals surface area contributed by atoms with Crippen LogP contribution >= 0.6 is 11.8 Å². The zero-order valence-corrected chi connectivity index (χ0v) is 19.5. The molecule has 1 fully saturated rings. The molecule has 0 saturated carbocycles. The molecule has 0 spiro atoms. The van der Waals surface area contributed by atoms with Gasteiger partial charge in [-0.05, 0) is 55.1 Å². The highest BCUT2D eigenvalue weighted by molar-refractivity contribution is 8.18. The number of hydrogen-bond acceptors (Lipinski definition) is 8. The van der Waals surface area contributed by atoms with Crippen LogP contribution in [-0.4, -0.2) is 40.5 Å². The third kappa shape index (κ3) is 5.25. The zero-order chi connectivity index (χ0) is 25.1. The van der Waals surface area contributed by atoms with Crippen LogP contribution in [0.5, 0.6) is 5.75 Å². The molecule has 35 heavy (non-hydrogen) atoms. The van der Waals surface area contributed by atoms with Crippen LogP contribution in [0.15, 0.2) is 63.9 Å². The van der Waals surface area contributed by atoms with Gasteiger partial charge in [-0.3, -0.25) is 29.4 Å². The van der Waals surface area contributed by atoms with Crippen molar-refractivity contribution in [3.8, 4) is 17.1 Å². The molecule has 0 unspecified atom stereocenters. The molecule has 1 N–H and O–H groups in total. The molecule has 1 saturated heterocycles. The van der Waals surface area contributed by atoms with Gasteiger partial charge in [0.2, 0.25) is 5.91 Å². The average molecular weight is 493 g/mol. The second-order valence-corrected chi connectivity index (χ2v) is 8.52. The Hall–Kier alpha value is -4.38. The van der Waals surface area contributed by atoms with Crippen LogP contribution in [0.3, 0.4) is 0 Å². The number of methoxy groups -OCH3 is 1. The number of nitro groups is 1. The summed E-state index contributed by atoms with van der Waals surface area (Å²) in [5.74, 6) is -0.383. The van der Waals surface area contributed by atoms with E-state index in [1.807, 2.05) is 19.1 Å².